The Labute approximate surface area is 139 Å². The summed E-state index contributed by atoms with van der Waals surface area (Å²) in [7, 11) is 0. The number of rotatable bonds is 8. The predicted molar refractivity (Wildman–Crippen MR) is 93.7 cm³/mol. The van der Waals surface area contributed by atoms with E-state index in [1.165, 1.54) is 5.56 Å². The third kappa shape index (κ3) is 6.22. The van der Waals surface area contributed by atoms with Crippen molar-refractivity contribution in [2.24, 2.45) is 4.99 Å². The van der Waals surface area contributed by atoms with Crippen molar-refractivity contribution in [2.45, 2.75) is 65.1 Å². The van der Waals surface area contributed by atoms with E-state index in [1.807, 2.05) is 10.9 Å². The first-order chi connectivity index (χ1) is 11.2. The Bertz CT molecular complexity index is 479. The lowest BCUT2D eigenvalue weighted by molar-refractivity contribution is 0.0890. The fourth-order valence-corrected chi connectivity index (χ4v) is 2.72. The van der Waals surface area contributed by atoms with E-state index in [1.54, 1.807) is 0 Å². The molecule has 2 rings (SSSR count). The molecule has 0 unspecified atom stereocenters. The van der Waals surface area contributed by atoms with Crippen LogP contribution in [0.1, 0.15) is 45.1 Å². The van der Waals surface area contributed by atoms with Gasteiger partial charge in [0.25, 0.3) is 0 Å². The number of hydrogen-bond donors (Lipinski definition) is 2. The molecule has 23 heavy (non-hydrogen) atoms. The summed E-state index contributed by atoms with van der Waals surface area (Å²) in [6, 6.07) is 0.286. The number of nitrogens with one attached hydrogen (secondary N) is 2. The smallest absolute Gasteiger partial charge is 0.191 e. The van der Waals surface area contributed by atoms with Crippen LogP contribution in [0.2, 0.25) is 0 Å². The van der Waals surface area contributed by atoms with Crippen LogP contribution in [0, 0.1) is 6.92 Å². The van der Waals surface area contributed by atoms with E-state index in [0.717, 1.165) is 57.9 Å². The van der Waals surface area contributed by atoms with Crippen molar-refractivity contribution in [3.05, 3.63) is 18.0 Å². The molecule has 0 amide bonds. The minimum atomic E-state index is 0.286. The van der Waals surface area contributed by atoms with E-state index in [0.29, 0.717) is 6.10 Å². The Kier molecular flexibility index (Phi) is 7.39. The molecule has 0 saturated carbocycles. The van der Waals surface area contributed by atoms with Crippen LogP contribution in [-0.2, 0) is 11.3 Å². The van der Waals surface area contributed by atoms with Crippen molar-refractivity contribution in [2.75, 3.05) is 19.7 Å². The number of aryl methyl sites for hydroxylation is 2. The molecule has 1 aliphatic rings. The second kappa shape index (κ2) is 9.55. The van der Waals surface area contributed by atoms with Crippen LogP contribution < -0.4 is 10.6 Å². The average Bonchev–Trinajstić information content (AvgIpc) is 3.20. The van der Waals surface area contributed by atoms with E-state index in [-0.39, 0.29) is 6.04 Å². The molecule has 0 spiro atoms. The molecule has 1 aliphatic heterocycles. The second-order valence-corrected chi connectivity index (χ2v) is 6.28. The van der Waals surface area contributed by atoms with Crippen LogP contribution in [0.25, 0.3) is 0 Å². The molecule has 0 aromatic carbocycles. The first kappa shape index (κ1) is 17.8. The van der Waals surface area contributed by atoms with Crippen LogP contribution in [-0.4, -0.2) is 47.6 Å². The first-order valence-corrected chi connectivity index (χ1v) is 8.84. The summed E-state index contributed by atoms with van der Waals surface area (Å²) in [6.45, 7) is 9.90. The van der Waals surface area contributed by atoms with Gasteiger partial charge < -0.3 is 15.4 Å². The highest BCUT2D eigenvalue weighted by Gasteiger charge is 2.22. The molecule has 1 aromatic heterocycles. The highest BCUT2D eigenvalue weighted by molar-refractivity contribution is 5.80. The van der Waals surface area contributed by atoms with E-state index in [9.17, 15) is 0 Å². The van der Waals surface area contributed by atoms with Gasteiger partial charge >= 0.3 is 0 Å². The Morgan fingerprint density at radius 3 is 3.09 bits per heavy atom. The summed E-state index contributed by atoms with van der Waals surface area (Å²) < 4.78 is 7.74. The fourth-order valence-electron chi connectivity index (χ4n) is 2.72. The highest BCUT2D eigenvalue weighted by atomic mass is 16.5. The van der Waals surface area contributed by atoms with Gasteiger partial charge in [0.05, 0.1) is 18.3 Å². The van der Waals surface area contributed by atoms with E-state index in [2.05, 4.69) is 47.7 Å². The van der Waals surface area contributed by atoms with Crippen LogP contribution in [0.5, 0.6) is 0 Å². The Morgan fingerprint density at radius 1 is 1.57 bits per heavy atom. The van der Waals surface area contributed by atoms with Crippen molar-refractivity contribution in [1.82, 2.24) is 20.4 Å². The predicted octanol–water partition coefficient (Wildman–Crippen LogP) is 2.09. The number of hydrogen-bond acceptors (Lipinski definition) is 3. The lowest BCUT2D eigenvalue weighted by Gasteiger charge is -2.22. The standard InChI is InChI=1S/C17H31N5O/c1-4-8-18-17(21-15(3)16-7-5-11-23-16)19-9-6-10-22-13-14(2)12-20-22/h12-13,15-16H,4-11H2,1-3H3,(H2,18,19,21)/t15-,16+/m1/s1. The molecular formula is C17H31N5O. The monoisotopic (exact) mass is 321 g/mol. The number of nitrogens with zero attached hydrogens (tertiary/aromatic N) is 3. The van der Waals surface area contributed by atoms with Crippen molar-refractivity contribution in [3.8, 4) is 0 Å². The second-order valence-electron chi connectivity index (χ2n) is 6.28. The molecule has 2 N–H and O–H groups in total. The van der Waals surface area contributed by atoms with Gasteiger partial charge in [-0.25, -0.2) is 0 Å². The van der Waals surface area contributed by atoms with E-state index >= 15 is 0 Å². The quantitative estimate of drug-likeness (QED) is 0.437. The molecule has 2 atom stereocenters. The van der Waals surface area contributed by atoms with Crippen LogP contribution in [0.3, 0.4) is 0 Å². The van der Waals surface area contributed by atoms with Gasteiger partial charge in [0.1, 0.15) is 0 Å². The lowest BCUT2D eigenvalue weighted by Crippen LogP contribution is -2.47. The van der Waals surface area contributed by atoms with Crippen LogP contribution in [0.15, 0.2) is 17.4 Å². The number of guanidine groups is 1. The average molecular weight is 321 g/mol. The summed E-state index contributed by atoms with van der Waals surface area (Å²) in [4.78, 5) is 4.62. The van der Waals surface area contributed by atoms with Gasteiger partial charge in [-0.2, -0.15) is 5.10 Å². The Balaban J connectivity index is 1.73. The molecule has 2 heterocycles. The van der Waals surface area contributed by atoms with Gasteiger partial charge in [-0.15, -0.1) is 0 Å². The minimum Gasteiger partial charge on any atom is -0.376 e. The van der Waals surface area contributed by atoms with Crippen molar-refractivity contribution in [1.29, 1.82) is 0 Å². The summed E-state index contributed by atoms with van der Waals surface area (Å²) in [5.74, 6) is 0.895. The zero-order chi connectivity index (χ0) is 16.5. The molecule has 130 valence electrons. The largest absolute Gasteiger partial charge is 0.376 e. The Morgan fingerprint density at radius 2 is 2.43 bits per heavy atom. The topological polar surface area (TPSA) is 63.5 Å². The van der Waals surface area contributed by atoms with Gasteiger partial charge in [0.2, 0.25) is 0 Å². The van der Waals surface area contributed by atoms with Gasteiger partial charge in [-0.3, -0.25) is 9.67 Å². The number of aromatic nitrogens is 2. The highest BCUT2D eigenvalue weighted by Crippen LogP contribution is 2.15. The summed E-state index contributed by atoms with van der Waals surface area (Å²) in [5, 5.41) is 11.2. The summed E-state index contributed by atoms with van der Waals surface area (Å²) in [5.41, 5.74) is 1.20. The van der Waals surface area contributed by atoms with E-state index in [4.69, 9.17) is 4.74 Å². The molecule has 0 aliphatic carbocycles. The molecule has 6 heteroatoms. The third-order valence-corrected chi connectivity index (χ3v) is 4.00. The molecule has 0 bridgehead atoms. The first-order valence-electron chi connectivity index (χ1n) is 8.84. The molecule has 1 saturated heterocycles. The molecule has 0 radical (unpaired) electrons. The van der Waals surface area contributed by atoms with Crippen molar-refractivity contribution < 1.29 is 4.74 Å². The zero-order valence-corrected chi connectivity index (χ0v) is 14.7. The fraction of sp³-hybridized carbons (Fsp3) is 0.765. The third-order valence-electron chi connectivity index (χ3n) is 4.00. The molecule has 1 fully saturated rings. The van der Waals surface area contributed by atoms with Gasteiger partial charge in [-0.05, 0) is 45.1 Å². The van der Waals surface area contributed by atoms with Gasteiger partial charge in [-0.1, -0.05) is 6.92 Å². The van der Waals surface area contributed by atoms with Crippen LogP contribution in [0.4, 0.5) is 0 Å². The maximum absolute atomic E-state index is 5.75. The number of ether oxygens (including phenoxy) is 1. The van der Waals surface area contributed by atoms with Crippen molar-refractivity contribution >= 4 is 5.96 Å². The Hall–Kier alpha value is -1.56. The lowest BCUT2D eigenvalue weighted by atomic mass is 10.1. The van der Waals surface area contributed by atoms with Gasteiger partial charge in [0, 0.05) is 32.4 Å². The maximum Gasteiger partial charge on any atom is 0.191 e. The van der Waals surface area contributed by atoms with Gasteiger partial charge in [0.15, 0.2) is 5.96 Å². The minimum absolute atomic E-state index is 0.286. The summed E-state index contributed by atoms with van der Waals surface area (Å²) >= 11 is 0. The SMILES string of the molecule is CCCN=C(NCCCn1cc(C)cn1)N[C@H](C)[C@@H]1CCCO1. The maximum atomic E-state index is 5.75. The molecular weight excluding hydrogens is 290 g/mol. The normalized spacial score (nSPS) is 19.8. The van der Waals surface area contributed by atoms with Crippen LogP contribution >= 0.6 is 0 Å². The number of aliphatic imine (C=N–C) groups is 1. The van der Waals surface area contributed by atoms with E-state index < -0.39 is 0 Å². The molecule has 1 aromatic rings. The summed E-state index contributed by atoms with van der Waals surface area (Å²) in [6.07, 6.45) is 8.63. The zero-order valence-electron chi connectivity index (χ0n) is 14.7. The van der Waals surface area contributed by atoms with Crippen molar-refractivity contribution in [3.63, 3.8) is 0 Å². The molecule has 6 nitrogen and oxygen atoms in total.